The van der Waals surface area contributed by atoms with Gasteiger partial charge in [-0.05, 0) is 12.1 Å². The number of nitrogens with zero attached hydrogens (tertiary/aromatic N) is 5. The summed E-state index contributed by atoms with van der Waals surface area (Å²) in [6.45, 7) is -0.955. The molecule has 3 aliphatic heterocycles. The lowest BCUT2D eigenvalue weighted by Crippen LogP contribution is -2.32. The number of aliphatic hydroxyl groups is 2. The van der Waals surface area contributed by atoms with Crippen molar-refractivity contribution in [1.82, 2.24) is 34.2 Å². The first-order valence-corrected chi connectivity index (χ1v) is 16.4. The summed E-state index contributed by atoms with van der Waals surface area (Å²) < 4.78 is 51.8. The number of fused-ring (bicyclic) bond motifs is 2. The van der Waals surface area contributed by atoms with Crippen LogP contribution in [0.25, 0.3) is 11.2 Å². The van der Waals surface area contributed by atoms with Crippen LogP contribution in [0.3, 0.4) is 0 Å². The van der Waals surface area contributed by atoms with Gasteiger partial charge in [-0.2, -0.15) is 9.97 Å². The Labute approximate surface area is 270 Å². The molecule has 2 fully saturated rings. The van der Waals surface area contributed by atoms with Crippen molar-refractivity contribution in [2.24, 2.45) is 0 Å². The number of aromatic nitrogens is 6. The van der Waals surface area contributed by atoms with Crippen LogP contribution in [0.15, 0.2) is 46.4 Å². The maximum absolute atomic E-state index is 14.4. The molecule has 0 aliphatic carbocycles. The van der Waals surface area contributed by atoms with Gasteiger partial charge in [-0.25, -0.2) is 19.4 Å². The molecule has 0 radical (unpaired) electrons. The first-order chi connectivity index (χ1) is 23.1. The molecular weight excluding hydrogens is 657 g/mol. The van der Waals surface area contributed by atoms with Crippen molar-refractivity contribution in [3.05, 3.63) is 63.2 Å². The van der Waals surface area contributed by atoms with E-state index in [4.69, 9.17) is 39.5 Å². The third-order valence-electron chi connectivity index (χ3n) is 8.11. The van der Waals surface area contributed by atoms with Crippen molar-refractivity contribution in [2.75, 3.05) is 31.5 Å². The molecule has 3 aromatic heterocycles. The zero-order chi connectivity index (χ0) is 33.6. The summed E-state index contributed by atoms with van der Waals surface area (Å²) >= 11 is 0. The average Bonchev–Trinajstić information content (AvgIpc) is 3.85. The molecule has 0 amide bonds. The van der Waals surface area contributed by atoms with E-state index in [0.717, 1.165) is 0 Å². The Morgan fingerprint density at radius 1 is 1.08 bits per heavy atom. The maximum Gasteiger partial charge on any atom is 0.406 e. The Balaban J connectivity index is 1.10. The molecule has 8 N–H and O–H groups in total. The quantitative estimate of drug-likeness (QED) is 0.108. The van der Waals surface area contributed by atoms with Gasteiger partial charge in [0.1, 0.15) is 36.6 Å². The van der Waals surface area contributed by atoms with Crippen LogP contribution >= 0.6 is 7.75 Å². The predicted molar refractivity (Wildman–Crippen MR) is 163 cm³/mol. The standard InChI is InChI=1S/C27H32N9O11P/c28-19-4-5-35(27(40)32-19)21-7-16(17(9-37)45-21)47-48(41,31-8-13-2-1-3-15-23(13)43-12-42-15)44-10-18-14(38)6-20(46-18)36-11-30-22-24(36)33-26(29)34-25(22)39/h1-5,11,14,16-18,20-21,37-38H,6-10,12H2,(H,31,41)(H2,28,32,40)(H3,29,33,34,39). The van der Waals surface area contributed by atoms with E-state index in [1.165, 1.54) is 27.7 Å². The number of nitrogen functional groups attached to an aromatic ring is 2. The van der Waals surface area contributed by atoms with E-state index >= 15 is 0 Å². The van der Waals surface area contributed by atoms with Crippen LogP contribution < -0.4 is 37.3 Å². The molecule has 3 aliphatic rings. The average molecular weight is 690 g/mol. The van der Waals surface area contributed by atoms with E-state index in [-0.39, 0.29) is 49.1 Å². The smallest absolute Gasteiger partial charge is 0.406 e. The molecular formula is C27H32N9O11P. The highest BCUT2D eigenvalue weighted by molar-refractivity contribution is 7.51. The second-order valence-electron chi connectivity index (χ2n) is 11.2. The molecule has 7 rings (SSSR count). The second-order valence-corrected chi connectivity index (χ2v) is 13.0. The molecule has 6 heterocycles. The molecule has 20 nitrogen and oxygen atoms in total. The van der Waals surface area contributed by atoms with Crippen molar-refractivity contribution in [2.45, 2.75) is 56.3 Å². The predicted octanol–water partition coefficient (Wildman–Crippen LogP) is -0.502. The lowest BCUT2D eigenvalue weighted by molar-refractivity contribution is -0.0521. The summed E-state index contributed by atoms with van der Waals surface area (Å²) in [5.74, 6) is 0.884. The van der Waals surface area contributed by atoms with Gasteiger partial charge >= 0.3 is 13.4 Å². The van der Waals surface area contributed by atoms with E-state index in [2.05, 4.69) is 25.0 Å². The summed E-state index contributed by atoms with van der Waals surface area (Å²) in [4.78, 5) is 39.0. The minimum atomic E-state index is -4.30. The van der Waals surface area contributed by atoms with Gasteiger partial charge < -0.3 is 40.6 Å². The van der Waals surface area contributed by atoms with Crippen molar-refractivity contribution < 1.29 is 42.8 Å². The van der Waals surface area contributed by atoms with Crippen LogP contribution in [0.2, 0.25) is 0 Å². The number of nitrogens with one attached hydrogen (secondary N) is 2. The lowest BCUT2D eigenvalue weighted by Gasteiger charge is -2.26. The Morgan fingerprint density at radius 3 is 2.71 bits per heavy atom. The van der Waals surface area contributed by atoms with Gasteiger partial charge in [-0.1, -0.05) is 12.1 Å². The fourth-order valence-corrected chi connectivity index (χ4v) is 7.27. The number of imidazole rings is 1. The van der Waals surface area contributed by atoms with E-state index in [1.54, 1.807) is 18.2 Å². The summed E-state index contributed by atoms with van der Waals surface area (Å²) in [6.07, 6.45) is -3.00. The van der Waals surface area contributed by atoms with Gasteiger partial charge in [-0.15, -0.1) is 0 Å². The summed E-state index contributed by atoms with van der Waals surface area (Å²) in [6, 6.07) is 6.63. The molecule has 256 valence electrons. The monoisotopic (exact) mass is 689 g/mol. The SMILES string of the molecule is Nc1ccn(C2CC(OP(=O)(NCc3cccc4c3OCO4)OCC3OC(n4cnc5c(=O)[nH]c(N)nc54)CC3O)C(CO)O2)c(=O)n1. The highest BCUT2D eigenvalue weighted by Gasteiger charge is 2.44. The fraction of sp³-hybridized carbons (Fsp3) is 0.444. The lowest BCUT2D eigenvalue weighted by atomic mass is 10.2. The first kappa shape index (κ1) is 32.2. The molecule has 7 atom stereocenters. The van der Waals surface area contributed by atoms with Crippen molar-refractivity contribution in [3.63, 3.8) is 0 Å². The first-order valence-electron chi connectivity index (χ1n) is 14.8. The van der Waals surface area contributed by atoms with Crippen LogP contribution in [-0.4, -0.2) is 83.7 Å². The zero-order valence-corrected chi connectivity index (χ0v) is 26.0. The number of aromatic amines is 1. The van der Waals surface area contributed by atoms with E-state index in [0.29, 0.717) is 17.1 Å². The number of hydrogen-bond donors (Lipinski definition) is 6. The topological polar surface area (TPSA) is 275 Å². The van der Waals surface area contributed by atoms with Gasteiger partial charge in [0.2, 0.25) is 12.7 Å². The number of anilines is 2. The van der Waals surface area contributed by atoms with Gasteiger partial charge in [0.25, 0.3) is 5.56 Å². The minimum Gasteiger partial charge on any atom is -0.454 e. The minimum absolute atomic E-state index is 0.00294. The molecule has 48 heavy (non-hydrogen) atoms. The van der Waals surface area contributed by atoms with E-state index in [1.807, 2.05) is 0 Å². The van der Waals surface area contributed by atoms with Gasteiger partial charge in [-0.3, -0.25) is 28.0 Å². The molecule has 0 bridgehead atoms. The molecule has 0 saturated carbocycles. The van der Waals surface area contributed by atoms with Crippen molar-refractivity contribution in [1.29, 1.82) is 0 Å². The number of ether oxygens (including phenoxy) is 4. The Kier molecular flexibility index (Phi) is 8.64. The summed E-state index contributed by atoms with van der Waals surface area (Å²) in [5.41, 5.74) is 10.9. The number of benzene rings is 1. The van der Waals surface area contributed by atoms with Gasteiger partial charge in [0.15, 0.2) is 22.7 Å². The van der Waals surface area contributed by atoms with Gasteiger partial charge in [0.05, 0.1) is 25.6 Å². The van der Waals surface area contributed by atoms with Crippen LogP contribution in [0.5, 0.6) is 11.5 Å². The van der Waals surface area contributed by atoms with Crippen LogP contribution in [0.1, 0.15) is 30.9 Å². The highest BCUT2D eigenvalue weighted by Crippen LogP contribution is 2.50. The highest BCUT2D eigenvalue weighted by atomic mass is 31.2. The fourth-order valence-electron chi connectivity index (χ4n) is 5.76. The maximum atomic E-state index is 14.4. The number of para-hydroxylation sites is 1. The second kappa shape index (κ2) is 12.9. The van der Waals surface area contributed by atoms with E-state index < -0.39 is 69.1 Å². The number of rotatable bonds is 11. The Morgan fingerprint density at radius 2 is 1.90 bits per heavy atom. The van der Waals surface area contributed by atoms with Crippen LogP contribution in [-0.2, 0) is 29.6 Å². The molecule has 0 spiro atoms. The Bertz CT molecular complexity index is 1990. The van der Waals surface area contributed by atoms with Crippen LogP contribution in [0.4, 0.5) is 11.8 Å². The van der Waals surface area contributed by atoms with Crippen molar-refractivity contribution >= 4 is 30.7 Å². The van der Waals surface area contributed by atoms with Gasteiger partial charge in [0, 0.05) is 31.1 Å². The number of nitrogens with two attached hydrogens (primary N) is 2. The number of H-pyrrole nitrogens is 1. The molecule has 1 aromatic carbocycles. The zero-order valence-electron chi connectivity index (χ0n) is 25.1. The molecule has 2 saturated heterocycles. The molecule has 7 unspecified atom stereocenters. The third kappa shape index (κ3) is 6.27. The molecule has 21 heteroatoms. The third-order valence-corrected chi connectivity index (χ3v) is 9.69. The number of hydrogen-bond acceptors (Lipinski definition) is 16. The summed E-state index contributed by atoms with van der Waals surface area (Å²) in [7, 11) is -4.30. The van der Waals surface area contributed by atoms with E-state index in [9.17, 15) is 24.4 Å². The summed E-state index contributed by atoms with van der Waals surface area (Å²) in [5, 5.41) is 23.8. The Hall–Kier alpha value is -4.40. The molecule has 4 aromatic rings. The van der Waals surface area contributed by atoms with Crippen molar-refractivity contribution in [3.8, 4) is 11.5 Å². The normalized spacial score (nSPS) is 26.3. The van der Waals surface area contributed by atoms with Crippen LogP contribution in [0, 0.1) is 0 Å². The number of aliphatic hydroxyl groups excluding tert-OH is 2. The largest absolute Gasteiger partial charge is 0.454 e.